The topological polar surface area (TPSA) is 40.5 Å². The third-order valence-corrected chi connectivity index (χ3v) is 3.16. The highest BCUT2D eigenvalue weighted by molar-refractivity contribution is 14.1. The predicted molar refractivity (Wildman–Crippen MR) is 69.7 cm³/mol. The molecule has 1 N–H and O–H groups in total. The Labute approximate surface area is 103 Å². The second-order valence-electron chi connectivity index (χ2n) is 3.14. The molecule has 0 radical (unpaired) electrons. The number of hydrogen-bond donors (Lipinski definition) is 1. The summed E-state index contributed by atoms with van der Waals surface area (Å²) in [6, 6.07) is 5.23. The number of aromatic carboxylic acids is 1. The van der Waals surface area contributed by atoms with Crippen molar-refractivity contribution >= 4 is 34.2 Å². The van der Waals surface area contributed by atoms with Gasteiger partial charge in [0.2, 0.25) is 0 Å². The van der Waals surface area contributed by atoms with Crippen molar-refractivity contribution in [2.45, 2.75) is 13.8 Å². The van der Waals surface area contributed by atoms with E-state index in [1.54, 1.807) is 12.1 Å². The van der Waals surface area contributed by atoms with Gasteiger partial charge in [0.25, 0.3) is 0 Å². The quantitative estimate of drug-likeness (QED) is 0.868. The maximum Gasteiger partial charge on any atom is 0.335 e. The van der Waals surface area contributed by atoms with Crippen LogP contribution in [0.3, 0.4) is 0 Å². The number of carboxylic acid groups (broad SMARTS) is 1. The van der Waals surface area contributed by atoms with E-state index in [2.05, 4.69) is 41.3 Å². The molecular weight excluding hydrogens is 305 g/mol. The fraction of sp³-hybridized carbons (Fsp3) is 0.364. The number of carboxylic acids is 1. The van der Waals surface area contributed by atoms with Gasteiger partial charge in [-0.15, -0.1) is 0 Å². The van der Waals surface area contributed by atoms with E-state index in [-0.39, 0.29) is 0 Å². The fourth-order valence-corrected chi connectivity index (χ4v) is 2.32. The van der Waals surface area contributed by atoms with E-state index in [1.807, 2.05) is 6.07 Å². The number of nitrogens with zero attached hydrogens (tertiary/aromatic N) is 1. The van der Waals surface area contributed by atoms with Crippen molar-refractivity contribution in [2.24, 2.45) is 0 Å². The largest absolute Gasteiger partial charge is 0.478 e. The molecule has 0 bridgehead atoms. The average molecular weight is 319 g/mol. The normalized spacial score (nSPS) is 10.1. The van der Waals surface area contributed by atoms with Crippen molar-refractivity contribution in [1.29, 1.82) is 0 Å². The number of halogens is 1. The minimum atomic E-state index is -0.876. The zero-order valence-corrected chi connectivity index (χ0v) is 11.0. The van der Waals surface area contributed by atoms with Crippen LogP contribution in [0.4, 0.5) is 5.69 Å². The summed E-state index contributed by atoms with van der Waals surface area (Å²) in [6.07, 6.45) is 0. The first-order chi connectivity index (χ1) is 7.10. The van der Waals surface area contributed by atoms with E-state index in [4.69, 9.17) is 5.11 Å². The molecule has 1 rings (SSSR count). The highest BCUT2D eigenvalue weighted by Gasteiger charge is 2.09. The maximum absolute atomic E-state index is 10.8. The summed E-state index contributed by atoms with van der Waals surface area (Å²) < 4.78 is 0.983. The summed E-state index contributed by atoms with van der Waals surface area (Å²) in [5, 5.41) is 8.84. The first kappa shape index (κ1) is 12.3. The molecule has 0 unspecified atom stereocenters. The average Bonchev–Trinajstić information content (AvgIpc) is 2.21. The summed E-state index contributed by atoms with van der Waals surface area (Å²) in [5.74, 6) is -0.876. The van der Waals surface area contributed by atoms with Crippen molar-refractivity contribution in [2.75, 3.05) is 18.0 Å². The summed E-state index contributed by atoms with van der Waals surface area (Å²) in [7, 11) is 0. The van der Waals surface area contributed by atoms with Gasteiger partial charge in [-0.1, -0.05) is 0 Å². The number of anilines is 1. The highest BCUT2D eigenvalue weighted by Crippen LogP contribution is 2.23. The Kier molecular flexibility index (Phi) is 4.38. The van der Waals surface area contributed by atoms with Crippen LogP contribution >= 0.6 is 22.6 Å². The van der Waals surface area contributed by atoms with E-state index in [0.29, 0.717) is 5.56 Å². The molecule has 82 valence electrons. The first-order valence-corrected chi connectivity index (χ1v) is 5.95. The molecular formula is C11H14INO2. The zero-order chi connectivity index (χ0) is 11.4. The van der Waals surface area contributed by atoms with Gasteiger partial charge >= 0.3 is 5.97 Å². The van der Waals surface area contributed by atoms with Gasteiger partial charge < -0.3 is 10.0 Å². The minimum Gasteiger partial charge on any atom is -0.478 e. The molecule has 3 nitrogen and oxygen atoms in total. The number of carbonyl (C=O) groups is 1. The van der Waals surface area contributed by atoms with Crippen LogP contribution in [0, 0.1) is 3.57 Å². The zero-order valence-electron chi connectivity index (χ0n) is 8.83. The smallest absolute Gasteiger partial charge is 0.335 e. The van der Waals surface area contributed by atoms with Crippen molar-refractivity contribution < 1.29 is 9.90 Å². The summed E-state index contributed by atoms with van der Waals surface area (Å²) in [4.78, 5) is 13.0. The van der Waals surface area contributed by atoms with Gasteiger partial charge in [-0.25, -0.2) is 4.79 Å². The molecule has 0 atom stereocenters. The Bertz CT molecular complexity index is 362. The second-order valence-corrected chi connectivity index (χ2v) is 4.31. The number of rotatable bonds is 4. The molecule has 0 aliphatic carbocycles. The van der Waals surface area contributed by atoms with Crippen LogP contribution in [0.1, 0.15) is 24.2 Å². The number of hydrogen-bond acceptors (Lipinski definition) is 2. The lowest BCUT2D eigenvalue weighted by Gasteiger charge is -2.22. The van der Waals surface area contributed by atoms with Crippen molar-refractivity contribution in [3.63, 3.8) is 0 Å². The lowest BCUT2D eigenvalue weighted by atomic mass is 10.2. The highest BCUT2D eigenvalue weighted by atomic mass is 127. The molecule has 1 aromatic carbocycles. The van der Waals surface area contributed by atoms with Gasteiger partial charge in [-0.2, -0.15) is 0 Å². The Morgan fingerprint density at radius 2 is 2.00 bits per heavy atom. The summed E-state index contributed by atoms with van der Waals surface area (Å²) in [6.45, 7) is 6.03. The van der Waals surface area contributed by atoms with E-state index in [1.165, 1.54) is 0 Å². The van der Waals surface area contributed by atoms with Gasteiger partial charge in [0.1, 0.15) is 0 Å². The third-order valence-electron chi connectivity index (χ3n) is 2.30. The van der Waals surface area contributed by atoms with E-state index >= 15 is 0 Å². The molecule has 0 spiro atoms. The van der Waals surface area contributed by atoms with E-state index < -0.39 is 5.97 Å². The molecule has 0 saturated carbocycles. The van der Waals surface area contributed by atoms with Crippen LogP contribution in [0.15, 0.2) is 18.2 Å². The molecule has 1 aromatic rings. The standard InChI is InChI=1S/C11H14INO2/c1-3-13(4-2)10-6-5-8(11(14)15)7-9(10)12/h5-7H,3-4H2,1-2H3,(H,14,15). The molecule has 0 saturated heterocycles. The van der Waals surface area contributed by atoms with Crippen LogP contribution in [0.25, 0.3) is 0 Å². The summed E-state index contributed by atoms with van der Waals surface area (Å²) >= 11 is 2.18. The number of benzene rings is 1. The molecule has 0 amide bonds. The molecule has 0 aliphatic rings. The SMILES string of the molecule is CCN(CC)c1ccc(C(=O)O)cc1I. The van der Waals surface area contributed by atoms with Crippen molar-refractivity contribution in [3.05, 3.63) is 27.3 Å². The maximum atomic E-state index is 10.8. The third kappa shape index (κ3) is 2.84. The molecule has 0 fully saturated rings. The van der Waals surface area contributed by atoms with Gasteiger partial charge in [-0.3, -0.25) is 0 Å². The van der Waals surface area contributed by atoms with E-state index in [0.717, 1.165) is 22.3 Å². The Hall–Kier alpha value is -0.780. The second kappa shape index (κ2) is 5.34. The van der Waals surface area contributed by atoms with Crippen LogP contribution in [-0.2, 0) is 0 Å². The van der Waals surface area contributed by atoms with Gasteiger partial charge in [0, 0.05) is 16.7 Å². The minimum absolute atomic E-state index is 0.343. The van der Waals surface area contributed by atoms with Gasteiger partial charge in [0.05, 0.1) is 11.3 Å². The molecule has 0 aliphatic heterocycles. The lowest BCUT2D eigenvalue weighted by Crippen LogP contribution is -2.22. The van der Waals surface area contributed by atoms with Crippen molar-refractivity contribution in [3.8, 4) is 0 Å². The first-order valence-electron chi connectivity index (χ1n) is 4.88. The molecule has 0 aromatic heterocycles. The molecule has 4 heteroatoms. The predicted octanol–water partition coefficient (Wildman–Crippen LogP) is 2.84. The fourth-order valence-electron chi connectivity index (χ4n) is 1.46. The van der Waals surface area contributed by atoms with E-state index in [9.17, 15) is 4.79 Å². The van der Waals surface area contributed by atoms with Crippen LogP contribution in [0.2, 0.25) is 0 Å². The van der Waals surface area contributed by atoms with Crippen LogP contribution in [0.5, 0.6) is 0 Å². The van der Waals surface area contributed by atoms with Gasteiger partial charge in [0.15, 0.2) is 0 Å². The van der Waals surface area contributed by atoms with Crippen molar-refractivity contribution in [1.82, 2.24) is 0 Å². The Morgan fingerprint density at radius 3 is 2.40 bits per heavy atom. The van der Waals surface area contributed by atoms with Crippen LogP contribution < -0.4 is 4.90 Å². The van der Waals surface area contributed by atoms with Crippen LogP contribution in [-0.4, -0.2) is 24.2 Å². The molecule has 0 heterocycles. The lowest BCUT2D eigenvalue weighted by molar-refractivity contribution is 0.0697. The monoisotopic (exact) mass is 319 g/mol. The Balaban J connectivity index is 3.07. The summed E-state index contributed by atoms with van der Waals surface area (Å²) in [5.41, 5.74) is 1.45. The van der Waals surface area contributed by atoms with Gasteiger partial charge in [-0.05, 0) is 54.6 Å². The molecule has 15 heavy (non-hydrogen) atoms. The Morgan fingerprint density at radius 1 is 1.40 bits per heavy atom.